The van der Waals surface area contributed by atoms with Crippen LogP contribution in [0, 0.1) is 6.92 Å². The molecule has 1 aromatic carbocycles. The first-order valence-electron chi connectivity index (χ1n) is 7.59. The standard InChI is InChI=1S/C15H23N3O5S/c1-10-11(5-4-6-13(10)19)15(21)18-8-7-12(14(20)9-18)16-24(22,23)17(2)3/h4-6,12,14,16,19-20H,7-9H2,1-3H3/t12-,14-/m1/s1. The number of nitrogens with zero attached hydrogens (tertiary/aromatic N) is 2. The summed E-state index contributed by atoms with van der Waals surface area (Å²) in [7, 11) is -0.844. The fourth-order valence-corrected chi connectivity index (χ4v) is 3.44. The Balaban J connectivity index is 2.08. The summed E-state index contributed by atoms with van der Waals surface area (Å²) >= 11 is 0. The van der Waals surface area contributed by atoms with Crippen LogP contribution in [0.4, 0.5) is 0 Å². The number of phenols is 1. The molecule has 0 saturated carbocycles. The molecule has 8 nitrogen and oxygen atoms in total. The molecule has 0 bridgehead atoms. The van der Waals surface area contributed by atoms with Crippen molar-refractivity contribution >= 4 is 16.1 Å². The van der Waals surface area contributed by atoms with Gasteiger partial charge in [0.05, 0.1) is 12.1 Å². The van der Waals surface area contributed by atoms with Gasteiger partial charge in [-0.1, -0.05) is 6.07 Å². The second kappa shape index (κ2) is 7.06. The van der Waals surface area contributed by atoms with E-state index < -0.39 is 22.4 Å². The molecule has 9 heteroatoms. The van der Waals surface area contributed by atoms with Crippen LogP contribution in [0.25, 0.3) is 0 Å². The van der Waals surface area contributed by atoms with Gasteiger partial charge in [0.2, 0.25) is 0 Å². The van der Waals surface area contributed by atoms with Gasteiger partial charge in [0.25, 0.3) is 16.1 Å². The Morgan fingerprint density at radius 1 is 1.38 bits per heavy atom. The molecule has 24 heavy (non-hydrogen) atoms. The number of aromatic hydroxyl groups is 1. The maximum Gasteiger partial charge on any atom is 0.279 e. The Morgan fingerprint density at radius 3 is 2.62 bits per heavy atom. The van der Waals surface area contributed by atoms with Crippen LogP contribution in [0.5, 0.6) is 5.75 Å². The van der Waals surface area contributed by atoms with Gasteiger partial charge < -0.3 is 15.1 Å². The minimum atomic E-state index is -3.65. The Hall–Kier alpha value is -1.68. The normalized spacial score (nSPS) is 22.0. The largest absolute Gasteiger partial charge is 0.508 e. The summed E-state index contributed by atoms with van der Waals surface area (Å²) in [4.78, 5) is 14.0. The van der Waals surface area contributed by atoms with Crippen LogP contribution in [0.15, 0.2) is 18.2 Å². The molecule has 1 saturated heterocycles. The molecule has 2 atom stereocenters. The van der Waals surface area contributed by atoms with Crippen LogP contribution in [0.3, 0.4) is 0 Å². The lowest BCUT2D eigenvalue weighted by molar-refractivity contribution is 0.0363. The number of rotatable bonds is 4. The number of aliphatic hydroxyl groups is 1. The highest BCUT2D eigenvalue weighted by molar-refractivity contribution is 7.87. The van der Waals surface area contributed by atoms with E-state index in [0.717, 1.165) is 4.31 Å². The highest BCUT2D eigenvalue weighted by atomic mass is 32.2. The SMILES string of the molecule is Cc1c(O)cccc1C(=O)N1CC[C@@H](NS(=O)(=O)N(C)C)[C@H](O)C1. The van der Waals surface area contributed by atoms with Gasteiger partial charge in [-0.15, -0.1) is 0 Å². The molecule has 134 valence electrons. The van der Waals surface area contributed by atoms with Crippen molar-refractivity contribution in [3.05, 3.63) is 29.3 Å². The summed E-state index contributed by atoms with van der Waals surface area (Å²) in [6.45, 7) is 1.98. The molecular weight excluding hydrogens is 334 g/mol. The average molecular weight is 357 g/mol. The van der Waals surface area contributed by atoms with Crippen LogP contribution in [0.2, 0.25) is 0 Å². The Morgan fingerprint density at radius 2 is 2.04 bits per heavy atom. The molecule has 0 unspecified atom stereocenters. The third-order valence-corrected chi connectivity index (χ3v) is 5.75. The lowest BCUT2D eigenvalue weighted by Crippen LogP contribution is -2.56. The number of likely N-dealkylation sites (tertiary alicyclic amines) is 1. The zero-order valence-electron chi connectivity index (χ0n) is 13.9. The molecule has 1 aliphatic rings. The predicted octanol–water partition coefficient (Wildman–Crippen LogP) is -0.328. The summed E-state index contributed by atoms with van der Waals surface area (Å²) in [5, 5.41) is 19.9. The van der Waals surface area contributed by atoms with Gasteiger partial charge in [-0.05, 0) is 25.5 Å². The van der Waals surface area contributed by atoms with Crippen molar-refractivity contribution in [2.24, 2.45) is 0 Å². The lowest BCUT2D eigenvalue weighted by Gasteiger charge is -2.36. The van der Waals surface area contributed by atoms with Crippen molar-refractivity contribution in [2.75, 3.05) is 27.2 Å². The Labute approximate surface area is 141 Å². The molecular formula is C15H23N3O5S. The third-order valence-electron chi connectivity index (χ3n) is 4.19. The molecule has 1 heterocycles. The van der Waals surface area contributed by atoms with E-state index in [-0.39, 0.29) is 18.2 Å². The van der Waals surface area contributed by atoms with E-state index in [1.807, 2.05) is 0 Å². The van der Waals surface area contributed by atoms with E-state index in [1.54, 1.807) is 19.1 Å². The quantitative estimate of drug-likeness (QED) is 0.684. The number of carbonyl (C=O) groups is 1. The van der Waals surface area contributed by atoms with Gasteiger partial charge in [0, 0.05) is 38.3 Å². The first kappa shape index (κ1) is 18.7. The number of benzene rings is 1. The first-order chi connectivity index (χ1) is 11.1. The summed E-state index contributed by atoms with van der Waals surface area (Å²) in [6, 6.07) is 4.06. The molecule has 1 aliphatic heterocycles. The Kier molecular flexibility index (Phi) is 5.49. The second-order valence-corrected chi connectivity index (χ2v) is 7.98. The molecule has 1 amide bonds. The average Bonchev–Trinajstić information content (AvgIpc) is 2.51. The van der Waals surface area contributed by atoms with Gasteiger partial charge in [-0.25, -0.2) is 0 Å². The maximum absolute atomic E-state index is 12.6. The topological polar surface area (TPSA) is 110 Å². The number of aliphatic hydroxyl groups excluding tert-OH is 1. The van der Waals surface area contributed by atoms with Crippen LogP contribution >= 0.6 is 0 Å². The summed E-state index contributed by atoms with van der Waals surface area (Å²) < 4.78 is 27.2. The summed E-state index contributed by atoms with van der Waals surface area (Å²) in [5.74, 6) is -0.258. The zero-order valence-corrected chi connectivity index (χ0v) is 14.7. The van der Waals surface area contributed by atoms with Crippen LogP contribution in [-0.4, -0.2) is 73.1 Å². The molecule has 0 aromatic heterocycles. The van der Waals surface area contributed by atoms with Crippen molar-refractivity contribution in [1.29, 1.82) is 0 Å². The maximum atomic E-state index is 12.6. The number of hydrogen-bond acceptors (Lipinski definition) is 5. The van der Waals surface area contributed by atoms with E-state index in [9.17, 15) is 23.4 Å². The lowest BCUT2D eigenvalue weighted by atomic mass is 10.0. The molecule has 1 aromatic rings. The highest BCUT2D eigenvalue weighted by Crippen LogP contribution is 2.23. The van der Waals surface area contributed by atoms with Crippen molar-refractivity contribution in [3.8, 4) is 5.75 Å². The number of carbonyl (C=O) groups excluding carboxylic acids is 1. The van der Waals surface area contributed by atoms with E-state index in [4.69, 9.17) is 0 Å². The molecule has 2 rings (SSSR count). The number of phenolic OH excluding ortho intramolecular Hbond substituents is 1. The fraction of sp³-hybridized carbons (Fsp3) is 0.533. The second-order valence-electron chi connectivity index (χ2n) is 6.07. The fourth-order valence-electron chi connectivity index (χ4n) is 2.58. The molecule has 0 spiro atoms. The number of β-amino-alcohol motifs (C(OH)–C–C–N with tert-alkyl or cyclic N) is 1. The van der Waals surface area contributed by atoms with E-state index in [2.05, 4.69) is 4.72 Å². The smallest absolute Gasteiger partial charge is 0.279 e. The Bertz CT molecular complexity index is 720. The van der Waals surface area contributed by atoms with Crippen molar-refractivity contribution in [3.63, 3.8) is 0 Å². The van der Waals surface area contributed by atoms with Gasteiger partial charge >= 0.3 is 0 Å². The van der Waals surface area contributed by atoms with Crippen LogP contribution < -0.4 is 4.72 Å². The highest BCUT2D eigenvalue weighted by Gasteiger charge is 2.34. The van der Waals surface area contributed by atoms with E-state index in [0.29, 0.717) is 24.1 Å². The van der Waals surface area contributed by atoms with Crippen LogP contribution in [-0.2, 0) is 10.2 Å². The van der Waals surface area contributed by atoms with Crippen LogP contribution in [0.1, 0.15) is 22.3 Å². The zero-order chi connectivity index (χ0) is 18.1. The van der Waals surface area contributed by atoms with Gasteiger partial charge in [-0.2, -0.15) is 17.4 Å². The summed E-state index contributed by atoms with van der Waals surface area (Å²) in [5.41, 5.74) is 0.849. The monoisotopic (exact) mass is 357 g/mol. The third kappa shape index (κ3) is 3.86. The van der Waals surface area contributed by atoms with E-state index in [1.165, 1.54) is 25.1 Å². The van der Waals surface area contributed by atoms with Crippen molar-refractivity contribution in [2.45, 2.75) is 25.5 Å². The predicted molar refractivity (Wildman–Crippen MR) is 88.9 cm³/mol. The molecule has 1 fully saturated rings. The van der Waals surface area contributed by atoms with E-state index >= 15 is 0 Å². The minimum absolute atomic E-state index is 0.0224. The van der Waals surface area contributed by atoms with Crippen molar-refractivity contribution in [1.82, 2.24) is 13.9 Å². The minimum Gasteiger partial charge on any atom is -0.508 e. The first-order valence-corrected chi connectivity index (χ1v) is 9.03. The number of amides is 1. The van der Waals surface area contributed by atoms with Crippen molar-refractivity contribution < 1.29 is 23.4 Å². The number of nitrogens with one attached hydrogen (secondary N) is 1. The number of piperidine rings is 1. The number of hydrogen-bond donors (Lipinski definition) is 3. The molecule has 0 radical (unpaired) electrons. The summed E-state index contributed by atoms with van der Waals surface area (Å²) in [6.07, 6.45) is -0.701. The molecule has 3 N–H and O–H groups in total. The van der Waals surface area contributed by atoms with Gasteiger partial charge in [0.1, 0.15) is 5.75 Å². The van der Waals surface area contributed by atoms with Gasteiger partial charge in [-0.3, -0.25) is 4.79 Å². The van der Waals surface area contributed by atoms with Gasteiger partial charge in [0.15, 0.2) is 0 Å². The molecule has 0 aliphatic carbocycles.